The maximum atomic E-state index is 8.71. The Kier molecular flexibility index (Phi) is 4.92. The van der Waals surface area contributed by atoms with Crippen LogP contribution in [0, 0.1) is 11.3 Å². The second-order valence-electron chi connectivity index (χ2n) is 4.28. The van der Waals surface area contributed by atoms with Crippen molar-refractivity contribution in [2.75, 3.05) is 19.0 Å². The average Bonchev–Trinajstić information content (AvgIpc) is 2.37. The van der Waals surface area contributed by atoms with Gasteiger partial charge < -0.3 is 10.2 Å². The molecule has 2 atom stereocenters. The van der Waals surface area contributed by atoms with Crippen molar-refractivity contribution in [1.82, 2.24) is 10.3 Å². The van der Waals surface area contributed by atoms with E-state index in [1.54, 1.807) is 0 Å². The molecule has 0 spiro atoms. The number of nitriles is 1. The summed E-state index contributed by atoms with van der Waals surface area (Å²) in [6, 6.07) is 6.73. The summed E-state index contributed by atoms with van der Waals surface area (Å²) in [6.07, 6.45) is 2.32. The van der Waals surface area contributed by atoms with Crippen molar-refractivity contribution in [3.05, 3.63) is 23.9 Å². The van der Waals surface area contributed by atoms with Gasteiger partial charge in [0.05, 0.1) is 12.5 Å². The first-order chi connectivity index (χ1) is 8.10. The predicted octanol–water partition coefficient (Wildman–Crippen LogP) is 2.10. The molecule has 1 aromatic heterocycles. The van der Waals surface area contributed by atoms with Crippen LogP contribution >= 0.6 is 0 Å². The first-order valence-electron chi connectivity index (χ1n) is 5.83. The summed E-state index contributed by atoms with van der Waals surface area (Å²) in [7, 11) is 3.91. The van der Waals surface area contributed by atoms with Gasteiger partial charge >= 0.3 is 0 Å². The zero-order valence-electron chi connectivity index (χ0n) is 10.9. The van der Waals surface area contributed by atoms with Gasteiger partial charge in [-0.15, -0.1) is 0 Å². The van der Waals surface area contributed by atoms with Crippen LogP contribution < -0.4 is 10.2 Å². The van der Waals surface area contributed by atoms with Gasteiger partial charge in [0.1, 0.15) is 5.82 Å². The number of hydrogen-bond acceptors (Lipinski definition) is 4. The number of rotatable bonds is 5. The van der Waals surface area contributed by atoms with Gasteiger partial charge in [-0.1, -0.05) is 0 Å². The first-order valence-corrected chi connectivity index (χ1v) is 5.83. The van der Waals surface area contributed by atoms with Crippen LogP contribution in [0.15, 0.2) is 18.3 Å². The topological polar surface area (TPSA) is 52.0 Å². The fourth-order valence-corrected chi connectivity index (χ4v) is 1.56. The molecule has 92 valence electrons. The molecule has 0 aliphatic rings. The SMILES string of the molecule is CNC(C)c1ccnc(N(C)C(C)CC#N)c1. The van der Waals surface area contributed by atoms with E-state index in [4.69, 9.17) is 5.26 Å². The van der Waals surface area contributed by atoms with Gasteiger partial charge in [-0.2, -0.15) is 5.26 Å². The number of hydrogen-bond donors (Lipinski definition) is 1. The van der Waals surface area contributed by atoms with Crippen LogP contribution in [-0.2, 0) is 0 Å². The minimum absolute atomic E-state index is 0.174. The minimum atomic E-state index is 0.174. The van der Waals surface area contributed by atoms with Crippen LogP contribution in [0.3, 0.4) is 0 Å². The molecular formula is C13H20N4. The molecule has 1 rings (SSSR count). The lowest BCUT2D eigenvalue weighted by Crippen LogP contribution is -2.29. The second kappa shape index (κ2) is 6.21. The van der Waals surface area contributed by atoms with E-state index in [1.807, 2.05) is 38.2 Å². The molecule has 0 fully saturated rings. The maximum Gasteiger partial charge on any atom is 0.128 e. The van der Waals surface area contributed by atoms with E-state index in [9.17, 15) is 0 Å². The fourth-order valence-electron chi connectivity index (χ4n) is 1.56. The van der Waals surface area contributed by atoms with E-state index in [0.29, 0.717) is 12.5 Å². The highest BCUT2D eigenvalue weighted by atomic mass is 15.2. The highest BCUT2D eigenvalue weighted by Crippen LogP contribution is 2.19. The summed E-state index contributed by atoms with van der Waals surface area (Å²) in [5.41, 5.74) is 1.20. The molecule has 4 nitrogen and oxygen atoms in total. The van der Waals surface area contributed by atoms with Crippen LogP contribution in [0.25, 0.3) is 0 Å². The quantitative estimate of drug-likeness (QED) is 0.844. The van der Waals surface area contributed by atoms with Gasteiger partial charge in [-0.05, 0) is 38.6 Å². The lowest BCUT2D eigenvalue weighted by atomic mass is 10.1. The van der Waals surface area contributed by atoms with Gasteiger partial charge in [-0.3, -0.25) is 0 Å². The number of nitrogens with one attached hydrogen (secondary N) is 1. The lowest BCUT2D eigenvalue weighted by Gasteiger charge is -2.25. The third-order valence-corrected chi connectivity index (χ3v) is 3.11. The number of nitrogens with zero attached hydrogens (tertiary/aromatic N) is 3. The van der Waals surface area contributed by atoms with Crippen LogP contribution in [0.2, 0.25) is 0 Å². The van der Waals surface area contributed by atoms with E-state index >= 15 is 0 Å². The summed E-state index contributed by atoms with van der Waals surface area (Å²) in [6.45, 7) is 4.14. The molecule has 1 N–H and O–H groups in total. The minimum Gasteiger partial charge on any atom is -0.356 e. The molecule has 0 saturated carbocycles. The molecule has 1 heterocycles. The monoisotopic (exact) mass is 232 g/mol. The van der Waals surface area contributed by atoms with Gasteiger partial charge in [0.25, 0.3) is 0 Å². The summed E-state index contributed by atoms with van der Waals surface area (Å²) >= 11 is 0. The largest absolute Gasteiger partial charge is 0.356 e. The highest BCUT2D eigenvalue weighted by Gasteiger charge is 2.12. The molecular weight excluding hydrogens is 212 g/mol. The summed E-state index contributed by atoms with van der Waals surface area (Å²) in [5, 5.41) is 11.9. The Bertz CT molecular complexity index is 397. The van der Waals surface area contributed by atoms with Gasteiger partial charge in [0.2, 0.25) is 0 Å². The summed E-state index contributed by atoms with van der Waals surface area (Å²) < 4.78 is 0. The Morgan fingerprint density at radius 3 is 2.82 bits per heavy atom. The molecule has 0 radical (unpaired) electrons. The maximum absolute atomic E-state index is 8.71. The number of pyridine rings is 1. The Labute approximate surface area is 103 Å². The molecule has 4 heteroatoms. The Balaban J connectivity index is 2.88. The Hall–Kier alpha value is -1.60. The van der Waals surface area contributed by atoms with Crippen molar-refractivity contribution in [2.24, 2.45) is 0 Å². The van der Waals surface area contributed by atoms with E-state index < -0.39 is 0 Å². The molecule has 0 aliphatic heterocycles. The standard InChI is InChI=1S/C13H20N4/c1-10(5-7-14)17(4)13-9-12(6-8-16-13)11(2)15-3/h6,8-11,15H,5H2,1-4H3. The number of aromatic nitrogens is 1. The van der Waals surface area contributed by atoms with Crippen LogP contribution in [0.1, 0.15) is 31.9 Å². The zero-order valence-corrected chi connectivity index (χ0v) is 10.9. The van der Waals surface area contributed by atoms with Gasteiger partial charge in [0.15, 0.2) is 0 Å². The molecule has 0 bridgehead atoms. The third-order valence-electron chi connectivity index (χ3n) is 3.11. The Morgan fingerprint density at radius 2 is 2.24 bits per heavy atom. The smallest absolute Gasteiger partial charge is 0.128 e. The highest BCUT2D eigenvalue weighted by molar-refractivity contribution is 5.42. The molecule has 0 saturated heterocycles. The van der Waals surface area contributed by atoms with Crippen molar-refractivity contribution in [2.45, 2.75) is 32.4 Å². The van der Waals surface area contributed by atoms with Crippen LogP contribution in [-0.4, -0.2) is 25.1 Å². The lowest BCUT2D eigenvalue weighted by molar-refractivity contribution is 0.647. The second-order valence-corrected chi connectivity index (χ2v) is 4.28. The van der Waals surface area contributed by atoms with Crippen LogP contribution in [0.5, 0.6) is 0 Å². The van der Waals surface area contributed by atoms with E-state index in [-0.39, 0.29) is 6.04 Å². The summed E-state index contributed by atoms with van der Waals surface area (Å²) in [4.78, 5) is 6.38. The van der Waals surface area contributed by atoms with Crippen molar-refractivity contribution in [1.29, 1.82) is 5.26 Å². The number of anilines is 1. The Morgan fingerprint density at radius 1 is 1.53 bits per heavy atom. The normalized spacial score (nSPS) is 13.8. The van der Waals surface area contributed by atoms with E-state index in [1.165, 1.54) is 5.56 Å². The average molecular weight is 232 g/mol. The van der Waals surface area contributed by atoms with Crippen molar-refractivity contribution >= 4 is 5.82 Å². The molecule has 2 unspecified atom stereocenters. The van der Waals surface area contributed by atoms with Crippen molar-refractivity contribution in [3.8, 4) is 6.07 Å². The van der Waals surface area contributed by atoms with E-state index in [2.05, 4.69) is 29.4 Å². The molecule has 0 aromatic carbocycles. The molecule has 1 aromatic rings. The molecule has 0 aliphatic carbocycles. The van der Waals surface area contributed by atoms with Gasteiger partial charge in [0, 0.05) is 25.3 Å². The predicted molar refractivity (Wildman–Crippen MR) is 69.8 cm³/mol. The molecule has 0 amide bonds. The summed E-state index contributed by atoms with van der Waals surface area (Å²) in [5.74, 6) is 0.910. The fraction of sp³-hybridized carbons (Fsp3) is 0.538. The zero-order chi connectivity index (χ0) is 12.8. The van der Waals surface area contributed by atoms with Crippen molar-refractivity contribution < 1.29 is 0 Å². The first kappa shape index (κ1) is 13.5. The van der Waals surface area contributed by atoms with E-state index in [0.717, 1.165) is 5.82 Å². The van der Waals surface area contributed by atoms with Crippen LogP contribution in [0.4, 0.5) is 5.82 Å². The van der Waals surface area contributed by atoms with Gasteiger partial charge in [-0.25, -0.2) is 4.98 Å². The molecule has 17 heavy (non-hydrogen) atoms. The third kappa shape index (κ3) is 3.43. The van der Waals surface area contributed by atoms with Crippen molar-refractivity contribution in [3.63, 3.8) is 0 Å².